The van der Waals surface area contributed by atoms with Crippen LogP contribution in [0.15, 0.2) is 12.2 Å². The third kappa shape index (κ3) is 6.48. The van der Waals surface area contributed by atoms with Crippen molar-refractivity contribution in [1.29, 1.82) is 0 Å². The van der Waals surface area contributed by atoms with Crippen LogP contribution in [0.2, 0.25) is 0 Å². The predicted octanol–water partition coefficient (Wildman–Crippen LogP) is 4.50. The Morgan fingerprint density at radius 1 is 0.680 bits per heavy atom. The highest BCUT2D eigenvalue weighted by atomic mass is 16.2. The Morgan fingerprint density at radius 2 is 1.04 bits per heavy atom. The molecular formula is C21H40N2O2. The zero-order valence-corrected chi connectivity index (χ0v) is 18.1. The standard InChI is InChI=1S/C21H40N2O2/c1-13(2)22(14(3)4)20(24)18(10)12-17(9)19(11)21(25)23(15(5)6)16(7)8/h13-18H,11-12H2,1-10H3. The molecule has 2 atom stereocenters. The van der Waals surface area contributed by atoms with E-state index in [4.69, 9.17) is 0 Å². The number of rotatable bonds is 9. The molecule has 0 N–H and O–H groups in total. The molecule has 0 spiro atoms. The van der Waals surface area contributed by atoms with Gasteiger partial charge in [-0.2, -0.15) is 0 Å². The number of hydrogen-bond donors (Lipinski definition) is 0. The molecule has 0 aliphatic heterocycles. The van der Waals surface area contributed by atoms with E-state index in [-0.39, 0.29) is 47.8 Å². The molecule has 0 fully saturated rings. The Labute approximate surface area is 155 Å². The van der Waals surface area contributed by atoms with Gasteiger partial charge in [0.05, 0.1) is 0 Å². The number of carbonyl (C=O) groups is 2. The zero-order valence-electron chi connectivity index (χ0n) is 18.1. The number of carbonyl (C=O) groups excluding carboxylic acids is 2. The molecule has 0 heterocycles. The summed E-state index contributed by atoms with van der Waals surface area (Å²) in [5.74, 6) is 0.00641. The van der Waals surface area contributed by atoms with Crippen molar-refractivity contribution in [3.05, 3.63) is 12.2 Å². The molecule has 25 heavy (non-hydrogen) atoms. The summed E-state index contributed by atoms with van der Waals surface area (Å²) in [4.78, 5) is 29.4. The van der Waals surface area contributed by atoms with E-state index >= 15 is 0 Å². The second-order valence-electron chi connectivity index (χ2n) is 8.40. The molecule has 0 bridgehead atoms. The molecule has 0 aromatic rings. The van der Waals surface area contributed by atoms with Gasteiger partial charge in [0, 0.05) is 35.7 Å². The fourth-order valence-corrected chi connectivity index (χ4v) is 3.58. The van der Waals surface area contributed by atoms with Gasteiger partial charge in [0.25, 0.3) is 0 Å². The molecule has 0 radical (unpaired) electrons. The third-order valence-electron chi connectivity index (χ3n) is 4.71. The van der Waals surface area contributed by atoms with Crippen LogP contribution >= 0.6 is 0 Å². The fraction of sp³-hybridized carbons (Fsp3) is 0.810. The van der Waals surface area contributed by atoms with Crippen molar-refractivity contribution in [2.75, 3.05) is 0 Å². The van der Waals surface area contributed by atoms with E-state index in [1.165, 1.54) is 0 Å². The summed E-state index contributed by atoms with van der Waals surface area (Å²) >= 11 is 0. The molecule has 146 valence electrons. The molecule has 4 heteroatoms. The predicted molar refractivity (Wildman–Crippen MR) is 106 cm³/mol. The molecular weight excluding hydrogens is 312 g/mol. The van der Waals surface area contributed by atoms with E-state index in [0.29, 0.717) is 12.0 Å². The molecule has 2 unspecified atom stereocenters. The SMILES string of the molecule is C=C(C(=O)N(C(C)C)C(C)C)C(C)CC(C)C(=O)N(C(C)C)C(C)C. The lowest BCUT2D eigenvalue weighted by molar-refractivity contribution is -0.139. The first-order valence-electron chi connectivity index (χ1n) is 9.66. The normalized spacial score (nSPS) is 14.2. The second kappa shape index (κ2) is 9.98. The molecule has 0 aliphatic rings. The van der Waals surface area contributed by atoms with Gasteiger partial charge in [0.1, 0.15) is 0 Å². The van der Waals surface area contributed by atoms with Crippen LogP contribution in [0.4, 0.5) is 0 Å². The van der Waals surface area contributed by atoms with E-state index in [1.807, 2.05) is 79.0 Å². The molecule has 0 rings (SSSR count). The summed E-state index contributed by atoms with van der Waals surface area (Å²) in [6.07, 6.45) is 0.642. The van der Waals surface area contributed by atoms with Crippen molar-refractivity contribution >= 4 is 11.8 Å². The van der Waals surface area contributed by atoms with Crippen LogP contribution in [0, 0.1) is 11.8 Å². The van der Waals surface area contributed by atoms with Crippen LogP contribution in [0.5, 0.6) is 0 Å². The molecule has 4 nitrogen and oxygen atoms in total. The lowest BCUT2D eigenvalue weighted by atomic mass is 9.89. The van der Waals surface area contributed by atoms with E-state index in [1.54, 1.807) is 0 Å². The topological polar surface area (TPSA) is 40.6 Å². The number of amides is 2. The van der Waals surface area contributed by atoms with Crippen LogP contribution in [-0.2, 0) is 9.59 Å². The van der Waals surface area contributed by atoms with Crippen LogP contribution in [-0.4, -0.2) is 45.8 Å². The third-order valence-corrected chi connectivity index (χ3v) is 4.71. The molecule has 0 aromatic carbocycles. The van der Waals surface area contributed by atoms with Crippen molar-refractivity contribution in [3.8, 4) is 0 Å². The number of nitrogens with zero attached hydrogens (tertiary/aromatic N) is 2. The Bertz CT molecular complexity index is 451. The second-order valence-corrected chi connectivity index (χ2v) is 8.40. The smallest absolute Gasteiger partial charge is 0.249 e. The van der Waals surface area contributed by atoms with Gasteiger partial charge in [0.2, 0.25) is 11.8 Å². The summed E-state index contributed by atoms with van der Waals surface area (Å²) in [6.45, 7) is 24.2. The highest BCUT2D eigenvalue weighted by Gasteiger charge is 2.30. The fourth-order valence-electron chi connectivity index (χ4n) is 3.58. The average Bonchev–Trinajstić information content (AvgIpc) is 2.44. The van der Waals surface area contributed by atoms with Gasteiger partial charge < -0.3 is 9.80 Å². The van der Waals surface area contributed by atoms with Crippen molar-refractivity contribution in [3.63, 3.8) is 0 Å². The van der Waals surface area contributed by atoms with Crippen molar-refractivity contribution in [2.24, 2.45) is 11.8 Å². The molecule has 0 saturated heterocycles. The Morgan fingerprint density at radius 3 is 1.36 bits per heavy atom. The highest BCUT2D eigenvalue weighted by Crippen LogP contribution is 2.24. The van der Waals surface area contributed by atoms with Gasteiger partial charge in [-0.05, 0) is 67.7 Å². The summed E-state index contributed by atoms with van der Waals surface area (Å²) in [6, 6.07) is 0.612. The quantitative estimate of drug-likeness (QED) is 0.573. The van der Waals surface area contributed by atoms with Gasteiger partial charge in [0.15, 0.2) is 0 Å². The van der Waals surface area contributed by atoms with E-state index in [9.17, 15) is 9.59 Å². The Hall–Kier alpha value is -1.32. The molecule has 0 saturated carbocycles. The minimum atomic E-state index is -0.129. The first-order chi connectivity index (χ1) is 11.3. The zero-order chi connectivity index (χ0) is 20.1. The van der Waals surface area contributed by atoms with Gasteiger partial charge in [-0.3, -0.25) is 9.59 Å². The molecule has 0 aliphatic carbocycles. The summed E-state index contributed by atoms with van der Waals surface area (Å²) in [5.41, 5.74) is 0.600. The minimum Gasteiger partial charge on any atom is -0.338 e. The van der Waals surface area contributed by atoms with Gasteiger partial charge in [-0.15, -0.1) is 0 Å². The van der Waals surface area contributed by atoms with Crippen LogP contribution in [0.1, 0.15) is 75.7 Å². The summed E-state index contributed by atoms with van der Waals surface area (Å²) in [5, 5.41) is 0. The first kappa shape index (κ1) is 23.7. The van der Waals surface area contributed by atoms with Gasteiger partial charge in [-0.25, -0.2) is 0 Å². The van der Waals surface area contributed by atoms with Crippen LogP contribution in [0.3, 0.4) is 0 Å². The van der Waals surface area contributed by atoms with E-state index in [2.05, 4.69) is 6.58 Å². The maximum Gasteiger partial charge on any atom is 0.249 e. The van der Waals surface area contributed by atoms with Crippen LogP contribution in [0.25, 0.3) is 0 Å². The minimum absolute atomic E-state index is 0.00160. The van der Waals surface area contributed by atoms with Gasteiger partial charge >= 0.3 is 0 Å². The monoisotopic (exact) mass is 352 g/mol. The van der Waals surface area contributed by atoms with Gasteiger partial charge in [-0.1, -0.05) is 20.4 Å². The van der Waals surface area contributed by atoms with E-state index in [0.717, 1.165) is 0 Å². The molecule has 2 amide bonds. The van der Waals surface area contributed by atoms with Crippen molar-refractivity contribution < 1.29 is 9.59 Å². The lowest BCUT2D eigenvalue weighted by Gasteiger charge is -2.35. The maximum atomic E-state index is 12.8. The first-order valence-corrected chi connectivity index (χ1v) is 9.66. The highest BCUT2D eigenvalue weighted by molar-refractivity contribution is 5.93. The summed E-state index contributed by atoms with van der Waals surface area (Å²) < 4.78 is 0. The largest absolute Gasteiger partial charge is 0.338 e. The molecule has 0 aromatic heterocycles. The maximum absolute atomic E-state index is 12.8. The van der Waals surface area contributed by atoms with Crippen molar-refractivity contribution in [2.45, 2.75) is 99.8 Å². The average molecular weight is 353 g/mol. The summed E-state index contributed by atoms with van der Waals surface area (Å²) in [7, 11) is 0. The van der Waals surface area contributed by atoms with Crippen LogP contribution < -0.4 is 0 Å². The lowest BCUT2D eigenvalue weighted by Crippen LogP contribution is -2.45. The number of hydrogen-bond acceptors (Lipinski definition) is 2. The Kier molecular flexibility index (Phi) is 9.45. The van der Waals surface area contributed by atoms with E-state index < -0.39 is 0 Å². The Balaban J connectivity index is 5.07. The van der Waals surface area contributed by atoms with Crippen molar-refractivity contribution in [1.82, 2.24) is 9.80 Å².